The largest absolute Gasteiger partial charge is 0.290 e. The van der Waals surface area contributed by atoms with E-state index in [1.165, 1.54) is 0 Å². The zero-order valence-corrected chi connectivity index (χ0v) is 13.5. The van der Waals surface area contributed by atoms with Crippen LogP contribution in [0.2, 0.25) is 0 Å². The van der Waals surface area contributed by atoms with E-state index >= 15 is 0 Å². The van der Waals surface area contributed by atoms with E-state index in [-0.39, 0.29) is 22.8 Å². The molecule has 2 aromatic carbocycles. The van der Waals surface area contributed by atoms with Crippen molar-refractivity contribution in [2.75, 3.05) is 5.43 Å². The highest BCUT2D eigenvalue weighted by atomic mass is 19.2. The number of halogens is 3. The van der Waals surface area contributed by atoms with E-state index in [4.69, 9.17) is 0 Å². The molecule has 0 aliphatic heterocycles. The average molecular weight is 369 g/mol. The number of hydrogen-bond donors (Lipinski definition) is 2. The Morgan fingerprint density at radius 3 is 2.52 bits per heavy atom. The van der Waals surface area contributed by atoms with E-state index in [0.717, 1.165) is 6.21 Å². The number of rotatable bonds is 4. The Labute approximate surface area is 150 Å². The third-order valence-corrected chi connectivity index (χ3v) is 3.49. The van der Waals surface area contributed by atoms with Gasteiger partial charge in [0.1, 0.15) is 17.4 Å². The van der Waals surface area contributed by atoms with Crippen LogP contribution >= 0.6 is 0 Å². The van der Waals surface area contributed by atoms with Crippen LogP contribution in [0.3, 0.4) is 0 Å². The smallest absolute Gasteiger partial charge is 0.270 e. The van der Waals surface area contributed by atoms with Gasteiger partial charge in [0.05, 0.1) is 11.9 Å². The second kappa shape index (κ2) is 7.53. The molecule has 0 saturated carbocycles. The molecule has 0 radical (unpaired) electrons. The Morgan fingerprint density at radius 1 is 1.11 bits per heavy atom. The maximum atomic E-state index is 13.6. The molecule has 2 N–H and O–H groups in total. The fourth-order valence-electron chi connectivity index (χ4n) is 2.23. The molecule has 6 nitrogen and oxygen atoms in total. The molecule has 1 aromatic heterocycles. The van der Waals surface area contributed by atoms with E-state index < -0.39 is 23.0 Å². The first-order chi connectivity index (χ1) is 13.0. The Kier molecular flexibility index (Phi) is 4.99. The molecule has 9 heteroatoms. The van der Waals surface area contributed by atoms with Crippen molar-refractivity contribution in [2.24, 2.45) is 5.10 Å². The highest BCUT2D eigenvalue weighted by Crippen LogP contribution is 2.19. The van der Waals surface area contributed by atoms with Crippen molar-refractivity contribution in [1.82, 2.24) is 9.97 Å². The first-order valence-corrected chi connectivity index (χ1v) is 7.53. The Morgan fingerprint density at radius 2 is 1.81 bits per heavy atom. The van der Waals surface area contributed by atoms with Crippen molar-refractivity contribution in [3.63, 3.8) is 0 Å². The normalized spacial score (nSPS) is 10.7. The van der Waals surface area contributed by atoms with Crippen LogP contribution in [0.25, 0.3) is 11.3 Å². The number of hydrogen-bond acceptors (Lipinski definition) is 5. The third-order valence-electron chi connectivity index (χ3n) is 3.49. The zero-order valence-electron chi connectivity index (χ0n) is 13.5. The lowest BCUT2D eigenvalue weighted by Gasteiger charge is -2.06. The summed E-state index contributed by atoms with van der Waals surface area (Å²) in [4.78, 5) is 18.5. The molecule has 27 heavy (non-hydrogen) atoms. The van der Waals surface area contributed by atoms with Crippen LogP contribution in [0.5, 0.6) is 0 Å². The standard InChI is InChI=1S/C18H10F3N5O/c19-13-7-15(21)14(20)6-11(13)9-23-26-18-24-16(10-4-2-1-3-5-10)12(8-22)17(27)25-18/h1-7,9H,(H2,24,25,26,27). The van der Waals surface area contributed by atoms with Gasteiger partial charge in [-0.1, -0.05) is 30.3 Å². The number of nitrogens with one attached hydrogen (secondary N) is 2. The summed E-state index contributed by atoms with van der Waals surface area (Å²) in [7, 11) is 0. The molecule has 0 bridgehead atoms. The molecule has 134 valence electrons. The lowest BCUT2D eigenvalue weighted by Crippen LogP contribution is -2.16. The fraction of sp³-hybridized carbons (Fsp3) is 0. The second-order valence-electron chi connectivity index (χ2n) is 5.27. The van der Waals surface area contributed by atoms with Gasteiger partial charge < -0.3 is 0 Å². The number of aromatic nitrogens is 2. The van der Waals surface area contributed by atoms with Gasteiger partial charge in [-0.3, -0.25) is 9.78 Å². The van der Waals surface area contributed by atoms with Gasteiger partial charge in [-0.2, -0.15) is 10.4 Å². The molecule has 0 unspecified atom stereocenters. The van der Waals surface area contributed by atoms with Crippen LogP contribution in [-0.2, 0) is 0 Å². The quantitative estimate of drug-likeness (QED) is 0.420. The minimum Gasteiger partial charge on any atom is -0.290 e. The van der Waals surface area contributed by atoms with Gasteiger partial charge in [0.15, 0.2) is 11.6 Å². The predicted molar refractivity (Wildman–Crippen MR) is 92.5 cm³/mol. The van der Waals surface area contributed by atoms with Crippen LogP contribution in [0.1, 0.15) is 11.1 Å². The van der Waals surface area contributed by atoms with Crippen LogP contribution in [0.15, 0.2) is 52.4 Å². The molecular formula is C18H10F3N5O. The number of anilines is 1. The molecule has 0 aliphatic rings. The van der Waals surface area contributed by atoms with Crippen molar-refractivity contribution in [3.05, 3.63) is 81.4 Å². The SMILES string of the molecule is N#Cc1c(-c2ccccc2)nc(NN=Cc2cc(F)c(F)cc2F)[nH]c1=O. The Balaban J connectivity index is 1.93. The van der Waals surface area contributed by atoms with E-state index in [1.54, 1.807) is 36.4 Å². The fourth-order valence-corrected chi connectivity index (χ4v) is 2.23. The molecule has 0 saturated heterocycles. The molecule has 3 aromatic rings. The first kappa shape index (κ1) is 17.9. The van der Waals surface area contributed by atoms with Crippen molar-refractivity contribution in [3.8, 4) is 17.3 Å². The number of benzene rings is 2. The summed E-state index contributed by atoms with van der Waals surface area (Å²) < 4.78 is 39.7. The third kappa shape index (κ3) is 3.85. The number of aromatic amines is 1. The molecule has 3 rings (SSSR count). The minimum atomic E-state index is -1.32. The minimum absolute atomic E-state index is 0.114. The van der Waals surface area contributed by atoms with Crippen molar-refractivity contribution in [1.29, 1.82) is 5.26 Å². The van der Waals surface area contributed by atoms with Gasteiger partial charge in [0, 0.05) is 17.2 Å². The summed E-state index contributed by atoms with van der Waals surface area (Å²) in [5.41, 5.74) is 1.87. The Hall–Kier alpha value is -3.93. The molecule has 1 heterocycles. The maximum Gasteiger partial charge on any atom is 0.270 e. The number of nitrogens with zero attached hydrogens (tertiary/aromatic N) is 3. The monoisotopic (exact) mass is 369 g/mol. The zero-order chi connectivity index (χ0) is 19.4. The van der Waals surface area contributed by atoms with Crippen molar-refractivity contribution >= 4 is 12.2 Å². The van der Waals surface area contributed by atoms with Gasteiger partial charge in [-0.05, 0) is 6.07 Å². The lowest BCUT2D eigenvalue weighted by molar-refractivity contribution is 0.494. The summed E-state index contributed by atoms with van der Waals surface area (Å²) in [6, 6.07) is 11.4. The van der Waals surface area contributed by atoms with Crippen LogP contribution in [0.4, 0.5) is 19.1 Å². The summed E-state index contributed by atoms with van der Waals surface area (Å²) in [6.07, 6.45) is 0.901. The molecular weight excluding hydrogens is 359 g/mol. The van der Waals surface area contributed by atoms with E-state index in [9.17, 15) is 23.2 Å². The van der Waals surface area contributed by atoms with Gasteiger partial charge >= 0.3 is 0 Å². The first-order valence-electron chi connectivity index (χ1n) is 7.53. The highest BCUT2D eigenvalue weighted by molar-refractivity contribution is 5.80. The lowest BCUT2D eigenvalue weighted by atomic mass is 10.1. The van der Waals surface area contributed by atoms with E-state index in [0.29, 0.717) is 17.7 Å². The van der Waals surface area contributed by atoms with Gasteiger partial charge in [-0.25, -0.2) is 23.6 Å². The van der Waals surface area contributed by atoms with Gasteiger partial charge in [0.25, 0.3) is 5.56 Å². The molecule has 0 aliphatic carbocycles. The van der Waals surface area contributed by atoms with Crippen LogP contribution in [-0.4, -0.2) is 16.2 Å². The number of hydrazone groups is 1. The Bertz CT molecular complexity index is 1120. The molecule has 0 amide bonds. The predicted octanol–water partition coefficient (Wildman–Crippen LogP) is 3.17. The second-order valence-corrected chi connectivity index (χ2v) is 5.27. The summed E-state index contributed by atoms with van der Waals surface area (Å²) in [5, 5.41) is 12.8. The van der Waals surface area contributed by atoms with Crippen molar-refractivity contribution in [2.45, 2.75) is 0 Å². The summed E-state index contributed by atoms with van der Waals surface area (Å²) >= 11 is 0. The van der Waals surface area contributed by atoms with Gasteiger partial charge in [0.2, 0.25) is 5.95 Å². The summed E-state index contributed by atoms with van der Waals surface area (Å²) in [6.45, 7) is 0. The van der Waals surface area contributed by atoms with Crippen molar-refractivity contribution < 1.29 is 13.2 Å². The van der Waals surface area contributed by atoms with Crippen LogP contribution < -0.4 is 11.0 Å². The average Bonchev–Trinajstić information content (AvgIpc) is 2.66. The molecule has 0 atom stereocenters. The van der Waals surface area contributed by atoms with Gasteiger partial charge in [-0.15, -0.1) is 0 Å². The maximum absolute atomic E-state index is 13.6. The number of H-pyrrole nitrogens is 1. The van der Waals surface area contributed by atoms with Crippen LogP contribution in [0, 0.1) is 28.8 Å². The topological polar surface area (TPSA) is 93.9 Å². The summed E-state index contributed by atoms with van der Waals surface area (Å²) in [5.74, 6) is -3.67. The molecule has 0 spiro atoms. The number of nitriles is 1. The molecule has 0 fully saturated rings. The highest BCUT2D eigenvalue weighted by Gasteiger charge is 2.13. The van der Waals surface area contributed by atoms with E-state index in [1.807, 2.05) is 0 Å². The van der Waals surface area contributed by atoms with E-state index in [2.05, 4.69) is 20.5 Å².